The first-order chi connectivity index (χ1) is 18.5. The van der Waals surface area contributed by atoms with Gasteiger partial charge >= 0.3 is 0 Å². The molecule has 1 N–H and O–H groups in total. The minimum atomic E-state index is -4.19. The van der Waals surface area contributed by atoms with Gasteiger partial charge in [0.2, 0.25) is 11.8 Å². The highest BCUT2D eigenvalue weighted by Gasteiger charge is 2.33. The highest BCUT2D eigenvalue weighted by molar-refractivity contribution is 7.92. The molecule has 0 aromatic heterocycles. The predicted molar refractivity (Wildman–Crippen MR) is 157 cm³/mol. The van der Waals surface area contributed by atoms with Gasteiger partial charge in [-0.15, -0.1) is 0 Å². The van der Waals surface area contributed by atoms with Crippen LogP contribution in [0, 0.1) is 5.92 Å². The molecule has 3 aromatic rings. The molecule has 39 heavy (non-hydrogen) atoms. The van der Waals surface area contributed by atoms with Gasteiger partial charge in [0.15, 0.2) is 0 Å². The maximum atomic E-state index is 13.9. The molecule has 1 atom stereocenters. The highest BCUT2D eigenvalue weighted by Crippen LogP contribution is 2.32. The lowest BCUT2D eigenvalue weighted by atomic mass is 10.1. The van der Waals surface area contributed by atoms with E-state index in [0.29, 0.717) is 18.0 Å². The van der Waals surface area contributed by atoms with E-state index in [4.69, 9.17) is 23.2 Å². The van der Waals surface area contributed by atoms with E-state index in [9.17, 15) is 18.0 Å². The van der Waals surface area contributed by atoms with Gasteiger partial charge < -0.3 is 10.2 Å². The van der Waals surface area contributed by atoms with Crippen LogP contribution in [0.3, 0.4) is 0 Å². The molecule has 0 aliphatic rings. The summed E-state index contributed by atoms with van der Waals surface area (Å²) in [5.41, 5.74) is 1.10. The van der Waals surface area contributed by atoms with Crippen LogP contribution in [-0.4, -0.2) is 50.8 Å². The SMILES string of the molecule is CC(C)CNC(=O)[C@@H](C)N(CCc1ccccc1)C(=O)CN(c1ccc(Cl)cc1Cl)S(=O)(=O)c1ccccc1. The molecule has 0 spiro atoms. The first-order valence-corrected chi connectivity index (χ1v) is 14.8. The molecule has 0 saturated carbocycles. The quantitative estimate of drug-likeness (QED) is 0.305. The van der Waals surface area contributed by atoms with Crippen LogP contribution in [0.25, 0.3) is 0 Å². The van der Waals surface area contributed by atoms with Gasteiger partial charge in [-0.3, -0.25) is 13.9 Å². The monoisotopic (exact) mass is 589 g/mol. The average Bonchev–Trinajstić information content (AvgIpc) is 2.91. The summed E-state index contributed by atoms with van der Waals surface area (Å²) in [6, 6.07) is 20.9. The molecule has 0 fully saturated rings. The number of amides is 2. The predicted octanol–water partition coefficient (Wildman–Crippen LogP) is 5.42. The molecule has 0 radical (unpaired) electrons. The average molecular weight is 591 g/mol. The number of halogens is 2. The Morgan fingerprint density at radius 1 is 0.897 bits per heavy atom. The van der Waals surface area contributed by atoms with Crippen molar-refractivity contribution < 1.29 is 18.0 Å². The number of carbonyl (C=O) groups excluding carboxylic acids is 2. The van der Waals surface area contributed by atoms with E-state index >= 15 is 0 Å². The minimum Gasteiger partial charge on any atom is -0.354 e. The fourth-order valence-corrected chi connectivity index (χ4v) is 5.95. The standard InChI is InChI=1S/C29H33Cl2N3O4S/c1-21(2)19-32-29(36)22(3)33(17-16-23-10-6-4-7-11-23)28(35)20-34(27-15-14-24(30)18-26(27)31)39(37,38)25-12-8-5-9-13-25/h4-15,18,21-22H,16-17,19-20H2,1-3H3,(H,32,36)/t22-/m1/s1. The van der Waals surface area contributed by atoms with Gasteiger partial charge in [-0.05, 0) is 55.2 Å². The van der Waals surface area contributed by atoms with Crippen molar-refractivity contribution in [3.63, 3.8) is 0 Å². The molecule has 7 nitrogen and oxygen atoms in total. The van der Waals surface area contributed by atoms with Gasteiger partial charge in [-0.2, -0.15) is 0 Å². The Labute approximate surface area is 240 Å². The van der Waals surface area contributed by atoms with E-state index in [0.717, 1.165) is 9.87 Å². The summed E-state index contributed by atoms with van der Waals surface area (Å²) in [6.45, 7) is 5.71. The van der Waals surface area contributed by atoms with Crippen molar-refractivity contribution in [3.8, 4) is 0 Å². The lowest BCUT2D eigenvalue weighted by Gasteiger charge is -2.32. The number of hydrogen-bond acceptors (Lipinski definition) is 4. The summed E-state index contributed by atoms with van der Waals surface area (Å²) < 4.78 is 28.5. The third kappa shape index (κ3) is 8.21. The largest absolute Gasteiger partial charge is 0.354 e. The minimum absolute atomic E-state index is 0.00220. The molecule has 208 valence electrons. The van der Waals surface area contributed by atoms with Crippen LogP contribution in [-0.2, 0) is 26.0 Å². The summed E-state index contributed by atoms with van der Waals surface area (Å²) in [4.78, 5) is 28.3. The normalized spacial score (nSPS) is 12.2. The van der Waals surface area contributed by atoms with Crippen LogP contribution in [0.4, 0.5) is 5.69 Å². The van der Waals surface area contributed by atoms with Crippen LogP contribution in [0.15, 0.2) is 83.8 Å². The summed E-state index contributed by atoms with van der Waals surface area (Å²) in [5, 5.41) is 3.27. The molecule has 10 heteroatoms. The molecule has 0 heterocycles. The van der Waals surface area contributed by atoms with E-state index in [1.54, 1.807) is 25.1 Å². The second-order valence-corrected chi connectivity index (χ2v) is 12.3. The van der Waals surface area contributed by atoms with Crippen molar-refractivity contribution in [1.29, 1.82) is 0 Å². The topological polar surface area (TPSA) is 86.8 Å². The van der Waals surface area contributed by atoms with E-state index < -0.39 is 28.5 Å². The van der Waals surface area contributed by atoms with Crippen molar-refractivity contribution in [1.82, 2.24) is 10.2 Å². The van der Waals surface area contributed by atoms with Gasteiger partial charge in [0, 0.05) is 18.1 Å². The van der Waals surface area contributed by atoms with Crippen LogP contribution in [0.2, 0.25) is 10.0 Å². The zero-order valence-electron chi connectivity index (χ0n) is 22.2. The number of benzene rings is 3. The second-order valence-electron chi connectivity index (χ2n) is 9.56. The Morgan fingerprint density at radius 3 is 2.10 bits per heavy atom. The Kier molecular flexibility index (Phi) is 10.8. The lowest BCUT2D eigenvalue weighted by Crippen LogP contribution is -2.52. The molecule has 0 aliphatic carbocycles. The zero-order valence-corrected chi connectivity index (χ0v) is 24.5. The number of nitrogens with one attached hydrogen (secondary N) is 1. The van der Waals surface area contributed by atoms with E-state index in [1.165, 1.54) is 35.2 Å². The van der Waals surface area contributed by atoms with Gasteiger partial charge in [-0.25, -0.2) is 8.42 Å². The number of nitrogens with zero attached hydrogens (tertiary/aromatic N) is 2. The first kappa shape index (κ1) is 30.5. The van der Waals surface area contributed by atoms with E-state index in [2.05, 4.69) is 5.32 Å². The molecular weight excluding hydrogens is 557 g/mol. The number of anilines is 1. The second kappa shape index (κ2) is 13.8. The number of sulfonamides is 1. The van der Waals surface area contributed by atoms with Crippen LogP contribution >= 0.6 is 23.2 Å². The third-order valence-corrected chi connectivity index (χ3v) is 8.44. The Bertz CT molecular complexity index is 1370. The summed E-state index contributed by atoms with van der Waals surface area (Å²) >= 11 is 12.5. The molecule has 2 amide bonds. The van der Waals surface area contributed by atoms with Crippen molar-refractivity contribution >= 4 is 50.7 Å². The van der Waals surface area contributed by atoms with Crippen LogP contribution in [0.5, 0.6) is 0 Å². The summed E-state index contributed by atoms with van der Waals surface area (Å²) in [7, 11) is -4.19. The Hall–Kier alpha value is -3.07. The highest BCUT2D eigenvalue weighted by atomic mass is 35.5. The van der Waals surface area contributed by atoms with Crippen molar-refractivity contribution in [2.75, 3.05) is 23.9 Å². The summed E-state index contributed by atoms with van der Waals surface area (Å²) in [5.74, 6) is -0.621. The smallest absolute Gasteiger partial charge is 0.264 e. The van der Waals surface area contributed by atoms with Gasteiger partial charge in [0.05, 0.1) is 15.6 Å². The molecular formula is C29H33Cl2N3O4S. The Morgan fingerprint density at radius 2 is 1.51 bits per heavy atom. The third-order valence-electron chi connectivity index (χ3n) is 6.12. The van der Waals surface area contributed by atoms with Crippen molar-refractivity contribution in [2.45, 2.75) is 38.1 Å². The molecule has 0 unspecified atom stereocenters. The molecule has 0 aliphatic heterocycles. The molecule has 3 rings (SSSR count). The van der Waals surface area contributed by atoms with Crippen LogP contribution < -0.4 is 9.62 Å². The number of rotatable bonds is 12. The maximum absolute atomic E-state index is 13.9. The maximum Gasteiger partial charge on any atom is 0.264 e. The van der Waals surface area contributed by atoms with E-state index in [1.807, 2.05) is 44.2 Å². The number of hydrogen-bond donors (Lipinski definition) is 1. The van der Waals surface area contributed by atoms with Gasteiger partial charge in [0.1, 0.15) is 12.6 Å². The van der Waals surface area contributed by atoms with E-state index in [-0.39, 0.29) is 34.0 Å². The molecule has 3 aromatic carbocycles. The van der Waals surface area contributed by atoms with Crippen LogP contribution in [0.1, 0.15) is 26.3 Å². The summed E-state index contributed by atoms with van der Waals surface area (Å²) in [6.07, 6.45) is 0.488. The lowest BCUT2D eigenvalue weighted by molar-refractivity contribution is -0.138. The zero-order chi connectivity index (χ0) is 28.6. The number of carbonyl (C=O) groups is 2. The fourth-order valence-electron chi connectivity index (χ4n) is 3.94. The first-order valence-electron chi connectivity index (χ1n) is 12.6. The van der Waals surface area contributed by atoms with Crippen molar-refractivity contribution in [2.24, 2.45) is 5.92 Å². The molecule has 0 saturated heterocycles. The fraction of sp³-hybridized carbons (Fsp3) is 0.310. The van der Waals surface area contributed by atoms with Gasteiger partial charge in [0.25, 0.3) is 10.0 Å². The van der Waals surface area contributed by atoms with Gasteiger partial charge in [-0.1, -0.05) is 85.6 Å². The van der Waals surface area contributed by atoms with Crippen molar-refractivity contribution in [3.05, 3.63) is 94.5 Å². The molecule has 0 bridgehead atoms. The Balaban J connectivity index is 1.98.